The molecule has 0 radical (unpaired) electrons. The van der Waals surface area contributed by atoms with Crippen LogP contribution in [0.25, 0.3) is 0 Å². The molecule has 0 aliphatic carbocycles. The molecule has 0 saturated carbocycles. The SMILES string of the molecule is COCc1ccccc1NC(=O)Nc1cccc(CN)c1. The van der Waals surface area contributed by atoms with E-state index in [4.69, 9.17) is 10.5 Å². The van der Waals surface area contributed by atoms with Gasteiger partial charge in [-0.1, -0.05) is 30.3 Å². The van der Waals surface area contributed by atoms with Crippen LogP contribution >= 0.6 is 0 Å². The maximum atomic E-state index is 12.0. The van der Waals surface area contributed by atoms with E-state index in [1.807, 2.05) is 48.5 Å². The third kappa shape index (κ3) is 4.30. The standard InChI is InChI=1S/C16H19N3O2/c1-21-11-13-6-2-3-8-15(13)19-16(20)18-14-7-4-5-12(9-14)10-17/h2-9H,10-11,17H2,1H3,(H2,18,19,20). The minimum Gasteiger partial charge on any atom is -0.380 e. The van der Waals surface area contributed by atoms with Crippen molar-refractivity contribution in [3.63, 3.8) is 0 Å². The van der Waals surface area contributed by atoms with Crippen LogP contribution in [0.2, 0.25) is 0 Å². The van der Waals surface area contributed by atoms with Crippen LogP contribution in [0.1, 0.15) is 11.1 Å². The Hall–Kier alpha value is -2.37. The van der Waals surface area contributed by atoms with Gasteiger partial charge in [0.15, 0.2) is 0 Å². The van der Waals surface area contributed by atoms with Gasteiger partial charge in [-0.05, 0) is 23.8 Å². The van der Waals surface area contributed by atoms with Crippen LogP contribution < -0.4 is 16.4 Å². The smallest absolute Gasteiger partial charge is 0.323 e. The zero-order valence-electron chi connectivity index (χ0n) is 11.9. The van der Waals surface area contributed by atoms with E-state index in [2.05, 4.69) is 10.6 Å². The summed E-state index contributed by atoms with van der Waals surface area (Å²) in [5, 5.41) is 5.61. The van der Waals surface area contributed by atoms with Crippen LogP contribution in [-0.2, 0) is 17.9 Å². The Morgan fingerprint density at radius 1 is 1.14 bits per heavy atom. The number of nitrogens with two attached hydrogens (primary N) is 1. The van der Waals surface area contributed by atoms with Crippen LogP contribution in [0, 0.1) is 0 Å². The zero-order valence-corrected chi connectivity index (χ0v) is 11.9. The van der Waals surface area contributed by atoms with Gasteiger partial charge in [0.05, 0.1) is 6.61 Å². The molecule has 2 aromatic rings. The molecule has 0 atom stereocenters. The van der Waals surface area contributed by atoms with Crippen molar-refractivity contribution in [1.29, 1.82) is 0 Å². The van der Waals surface area contributed by atoms with Crippen molar-refractivity contribution >= 4 is 17.4 Å². The lowest BCUT2D eigenvalue weighted by molar-refractivity contribution is 0.185. The summed E-state index contributed by atoms with van der Waals surface area (Å²) in [6.45, 7) is 0.882. The minimum absolute atomic E-state index is 0.298. The number of hydrogen-bond acceptors (Lipinski definition) is 3. The van der Waals surface area contributed by atoms with E-state index >= 15 is 0 Å². The fourth-order valence-electron chi connectivity index (χ4n) is 1.98. The molecule has 2 amide bonds. The van der Waals surface area contributed by atoms with Gasteiger partial charge in [-0.2, -0.15) is 0 Å². The van der Waals surface area contributed by atoms with Gasteiger partial charge in [0.1, 0.15) is 0 Å². The molecule has 0 aliphatic heterocycles. The van der Waals surface area contributed by atoms with Crippen molar-refractivity contribution in [3.05, 3.63) is 59.7 Å². The van der Waals surface area contributed by atoms with E-state index in [1.54, 1.807) is 7.11 Å². The van der Waals surface area contributed by atoms with Gasteiger partial charge in [0.25, 0.3) is 0 Å². The maximum absolute atomic E-state index is 12.0. The van der Waals surface area contributed by atoms with Crippen molar-refractivity contribution < 1.29 is 9.53 Å². The van der Waals surface area contributed by atoms with Crippen LogP contribution in [-0.4, -0.2) is 13.1 Å². The summed E-state index contributed by atoms with van der Waals surface area (Å²) >= 11 is 0. The molecule has 0 heterocycles. The predicted molar refractivity (Wildman–Crippen MR) is 84.1 cm³/mol. The number of urea groups is 1. The molecule has 0 aliphatic rings. The zero-order chi connectivity index (χ0) is 15.1. The molecule has 2 rings (SSSR count). The van der Waals surface area contributed by atoms with Crippen LogP contribution in [0.5, 0.6) is 0 Å². The molecule has 5 nitrogen and oxygen atoms in total. The number of hydrogen-bond donors (Lipinski definition) is 3. The fraction of sp³-hybridized carbons (Fsp3) is 0.188. The average Bonchev–Trinajstić information content (AvgIpc) is 2.49. The molecule has 21 heavy (non-hydrogen) atoms. The Morgan fingerprint density at radius 3 is 2.71 bits per heavy atom. The van der Waals surface area contributed by atoms with Gasteiger partial charge in [0.2, 0.25) is 0 Å². The molecule has 0 bridgehead atoms. The Kier molecular flexibility index (Phi) is 5.31. The fourth-order valence-corrected chi connectivity index (χ4v) is 1.98. The van der Waals surface area contributed by atoms with Gasteiger partial charge in [0, 0.05) is 30.6 Å². The van der Waals surface area contributed by atoms with Gasteiger partial charge >= 0.3 is 6.03 Å². The highest BCUT2D eigenvalue weighted by molar-refractivity contribution is 6.00. The summed E-state index contributed by atoms with van der Waals surface area (Å²) < 4.78 is 5.11. The third-order valence-corrected chi connectivity index (χ3v) is 2.99. The van der Waals surface area contributed by atoms with Crippen molar-refractivity contribution in [2.75, 3.05) is 17.7 Å². The van der Waals surface area contributed by atoms with E-state index in [9.17, 15) is 4.79 Å². The summed E-state index contributed by atoms with van der Waals surface area (Å²) in [6, 6.07) is 14.7. The summed E-state index contributed by atoms with van der Waals surface area (Å²) in [5.41, 5.74) is 8.91. The van der Waals surface area contributed by atoms with Crippen molar-refractivity contribution in [2.24, 2.45) is 5.73 Å². The monoisotopic (exact) mass is 285 g/mol. The predicted octanol–water partition coefficient (Wildman–Crippen LogP) is 2.94. The van der Waals surface area contributed by atoms with Gasteiger partial charge in [-0.25, -0.2) is 4.79 Å². The maximum Gasteiger partial charge on any atom is 0.323 e. The van der Waals surface area contributed by atoms with E-state index < -0.39 is 0 Å². The molecule has 0 saturated heterocycles. The molecule has 110 valence electrons. The van der Waals surface area contributed by atoms with E-state index in [0.29, 0.717) is 18.8 Å². The van der Waals surface area contributed by atoms with Crippen molar-refractivity contribution in [2.45, 2.75) is 13.2 Å². The quantitative estimate of drug-likeness (QED) is 0.790. The van der Waals surface area contributed by atoms with Gasteiger partial charge in [-0.3, -0.25) is 0 Å². The lowest BCUT2D eigenvalue weighted by atomic mass is 10.2. The lowest BCUT2D eigenvalue weighted by Crippen LogP contribution is -2.20. The summed E-state index contributed by atoms with van der Waals surface area (Å²) in [7, 11) is 1.62. The third-order valence-electron chi connectivity index (χ3n) is 2.99. The first kappa shape index (κ1) is 15.0. The molecular weight excluding hydrogens is 266 g/mol. The Labute approximate surface area is 124 Å². The highest BCUT2D eigenvalue weighted by Crippen LogP contribution is 2.17. The molecule has 0 spiro atoms. The minimum atomic E-state index is -0.298. The van der Waals surface area contributed by atoms with Crippen molar-refractivity contribution in [1.82, 2.24) is 0 Å². The number of ether oxygens (including phenoxy) is 1. The Bertz CT molecular complexity index is 614. The van der Waals surface area contributed by atoms with Crippen LogP contribution in [0.15, 0.2) is 48.5 Å². The lowest BCUT2D eigenvalue weighted by Gasteiger charge is -2.12. The normalized spacial score (nSPS) is 10.2. The number of benzene rings is 2. The van der Waals surface area contributed by atoms with E-state index in [-0.39, 0.29) is 6.03 Å². The second kappa shape index (κ2) is 7.42. The molecule has 0 unspecified atom stereocenters. The largest absolute Gasteiger partial charge is 0.380 e. The first-order valence-corrected chi connectivity index (χ1v) is 6.67. The van der Waals surface area contributed by atoms with Crippen LogP contribution in [0.3, 0.4) is 0 Å². The van der Waals surface area contributed by atoms with E-state index in [1.165, 1.54) is 0 Å². The highest BCUT2D eigenvalue weighted by Gasteiger charge is 2.06. The first-order valence-electron chi connectivity index (χ1n) is 6.67. The molecule has 4 N–H and O–H groups in total. The first-order chi connectivity index (χ1) is 10.2. The van der Waals surface area contributed by atoms with Crippen LogP contribution in [0.4, 0.5) is 16.2 Å². The number of methoxy groups -OCH3 is 1. The number of nitrogens with one attached hydrogen (secondary N) is 2. The molecule has 0 aromatic heterocycles. The number of para-hydroxylation sites is 1. The summed E-state index contributed by atoms with van der Waals surface area (Å²) in [6.07, 6.45) is 0. The van der Waals surface area contributed by atoms with Gasteiger partial charge in [-0.15, -0.1) is 0 Å². The Morgan fingerprint density at radius 2 is 1.95 bits per heavy atom. The second-order valence-electron chi connectivity index (χ2n) is 4.57. The highest BCUT2D eigenvalue weighted by atomic mass is 16.5. The number of anilines is 2. The summed E-state index contributed by atoms with van der Waals surface area (Å²) in [5.74, 6) is 0. The molecular formula is C16H19N3O2. The Balaban J connectivity index is 2.04. The summed E-state index contributed by atoms with van der Waals surface area (Å²) in [4.78, 5) is 12.0. The molecule has 5 heteroatoms. The molecule has 2 aromatic carbocycles. The second-order valence-corrected chi connectivity index (χ2v) is 4.57. The topological polar surface area (TPSA) is 76.4 Å². The average molecular weight is 285 g/mol. The van der Waals surface area contributed by atoms with Gasteiger partial charge < -0.3 is 21.1 Å². The number of carbonyl (C=O) groups is 1. The number of amides is 2. The molecule has 0 fully saturated rings. The van der Waals surface area contributed by atoms with E-state index in [0.717, 1.165) is 16.8 Å². The van der Waals surface area contributed by atoms with Crippen molar-refractivity contribution in [3.8, 4) is 0 Å². The number of carbonyl (C=O) groups excluding carboxylic acids is 1. The number of rotatable bonds is 5.